The van der Waals surface area contributed by atoms with Crippen LogP contribution >= 0.6 is 0 Å². The normalized spacial score (nSPS) is 13.5. The quantitative estimate of drug-likeness (QED) is 0.715. The topological polar surface area (TPSA) is 29.5 Å². The molecule has 25 heavy (non-hydrogen) atoms. The van der Waals surface area contributed by atoms with E-state index in [2.05, 4.69) is 36.1 Å². The molecule has 3 rings (SSSR count). The van der Waals surface area contributed by atoms with E-state index in [1.165, 1.54) is 11.1 Å². The summed E-state index contributed by atoms with van der Waals surface area (Å²) in [6.07, 6.45) is 4.71. The molecule has 132 valence electrons. The van der Waals surface area contributed by atoms with Crippen LogP contribution in [0.25, 0.3) is 0 Å². The fourth-order valence-corrected chi connectivity index (χ4v) is 3.07. The van der Waals surface area contributed by atoms with Gasteiger partial charge in [-0.1, -0.05) is 43.3 Å². The van der Waals surface area contributed by atoms with Crippen molar-refractivity contribution in [1.82, 2.24) is 4.90 Å². The molecule has 1 amide bonds. The second-order valence-corrected chi connectivity index (χ2v) is 6.77. The lowest BCUT2D eigenvalue weighted by molar-refractivity contribution is -0.132. The van der Waals surface area contributed by atoms with Gasteiger partial charge in [0.15, 0.2) is 0 Å². The summed E-state index contributed by atoms with van der Waals surface area (Å²) in [7, 11) is 1.67. The Bertz CT molecular complexity index is 687. The second-order valence-electron chi connectivity index (χ2n) is 6.77. The number of hydrogen-bond donors (Lipinski definition) is 0. The smallest absolute Gasteiger partial charge is 0.223 e. The Morgan fingerprint density at radius 1 is 1.00 bits per heavy atom. The van der Waals surface area contributed by atoms with E-state index < -0.39 is 0 Å². The minimum absolute atomic E-state index is 0.262. The molecule has 0 atom stereocenters. The van der Waals surface area contributed by atoms with Gasteiger partial charge in [-0.15, -0.1) is 0 Å². The standard InChI is InChI=1S/C22H27NO2/c1-3-17-4-6-18(7-5-17)10-15-22(24)23(20-11-12-20)16-19-8-13-21(25-2)14-9-19/h4-9,13-14,20H,3,10-12,15-16H2,1-2H3. The second kappa shape index (κ2) is 8.19. The minimum Gasteiger partial charge on any atom is -0.497 e. The summed E-state index contributed by atoms with van der Waals surface area (Å²) in [6, 6.07) is 17.1. The summed E-state index contributed by atoms with van der Waals surface area (Å²) in [5, 5.41) is 0. The molecular formula is C22H27NO2. The molecule has 0 spiro atoms. The van der Waals surface area contributed by atoms with Gasteiger partial charge in [0.05, 0.1) is 7.11 Å². The van der Waals surface area contributed by atoms with Crippen molar-refractivity contribution in [3.8, 4) is 5.75 Å². The predicted octanol–water partition coefficient (Wildman–Crippen LogP) is 4.38. The first-order valence-corrected chi connectivity index (χ1v) is 9.20. The molecule has 1 fully saturated rings. The van der Waals surface area contributed by atoms with Gasteiger partial charge in [-0.05, 0) is 54.5 Å². The van der Waals surface area contributed by atoms with E-state index in [-0.39, 0.29) is 5.91 Å². The Hall–Kier alpha value is -2.29. The highest BCUT2D eigenvalue weighted by molar-refractivity contribution is 5.77. The van der Waals surface area contributed by atoms with Crippen LogP contribution in [0, 0.1) is 0 Å². The molecule has 0 heterocycles. The van der Waals surface area contributed by atoms with Crippen molar-refractivity contribution in [1.29, 1.82) is 0 Å². The van der Waals surface area contributed by atoms with E-state index in [4.69, 9.17) is 4.74 Å². The SMILES string of the molecule is CCc1ccc(CCC(=O)N(Cc2ccc(OC)cc2)C2CC2)cc1. The van der Waals surface area contributed by atoms with Gasteiger partial charge in [0, 0.05) is 19.0 Å². The van der Waals surface area contributed by atoms with E-state index in [0.717, 1.165) is 37.0 Å². The lowest BCUT2D eigenvalue weighted by Crippen LogP contribution is -2.32. The molecule has 3 heteroatoms. The molecule has 0 N–H and O–H groups in total. The minimum atomic E-state index is 0.262. The van der Waals surface area contributed by atoms with Gasteiger partial charge in [-0.3, -0.25) is 4.79 Å². The fraction of sp³-hybridized carbons (Fsp3) is 0.409. The number of methoxy groups -OCH3 is 1. The zero-order valence-corrected chi connectivity index (χ0v) is 15.2. The number of hydrogen-bond acceptors (Lipinski definition) is 2. The number of amides is 1. The molecular weight excluding hydrogens is 310 g/mol. The van der Waals surface area contributed by atoms with Gasteiger partial charge >= 0.3 is 0 Å². The van der Waals surface area contributed by atoms with Gasteiger partial charge < -0.3 is 9.64 Å². The van der Waals surface area contributed by atoms with Crippen molar-refractivity contribution in [2.45, 2.75) is 51.6 Å². The summed E-state index contributed by atoms with van der Waals surface area (Å²) in [5.41, 5.74) is 3.74. The highest BCUT2D eigenvalue weighted by atomic mass is 16.5. The zero-order valence-electron chi connectivity index (χ0n) is 15.2. The van der Waals surface area contributed by atoms with Crippen molar-refractivity contribution in [3.05, 3.63) is 65.2 Å². The van der Waals surface area contributed by atoms with Crippen LogP contribution in [0.2, 0.25) is 0 Å². The summed E-state index contributed by atoms with van der Waals surface area (Å²) < 4.78 is 5.20. The first kappa shape index (κ1) is 17.5. The molecule has 1 aliphatic rings. The molecule has 0 aromatic heterocycles. The molecule has 0 saturated heterocycles. The maximum absolute atomic E-state index is 12.7. The Morgan fingerprint density at radius 3 is 2.16 bits per heavy atom. The van der Waals surface area contributed by atoms with Crippen molar-refractivity contribution in [2.24, 2.45) is 0 Å². The summed E-state index contributed by atoms with van der Waals surface area (Å²) in [5.74, 6) is 1.11. The molecule has 2 aromatic carbocycles. The van der Waals surface area contributed by atoms with Gasteiger partial charge in [-0.25, -0.2) is 0 Å². The van der Waals surface area contributed by atoms with Crippen LogP contribution < -0.4 is 4.74 Å². The highest BCUT2D eigenvalue weighted by Crippen LogP contribution is 2.29. The largest absolute Gasteiger partial charge is 0.497 e. The molecule has 0 bridgehead atoms. The molecule has 2 aromatic rings. The molecule has 1 saturated carbocycles. The third kappa shape index (κ3) is 4.85. The van der Waals surface area contributed by atoms with Gasteiger partial charge in [0.25, 0.3) is 0 Å². The Balaban J connectivity index is 1.58. The number of aryl methyl sites for hydroxylation is 2. The number of carbonyl (C=O) groups excluding carboxylic acids is 1. The predicted molar refractivity (Wildman–Crippen MR) is 101 cm³/mol. The Morgan fingerprint density at radius 2 is 1.60 bits per heavy atom. The third-order valence-corrected chi connectivity index (χ3v) is 4.88. The van der Waals surface area contributed by atoms with Gasteiger partial charge in [-0.2, -0.15) is 0 Å². The Labute approximate surface area is 150 Å². The monoisotopic (exact) mass is 337 g/mol. The van der Waals surface area contributed by atoms with Crippen molar-refractivity contribution < 1.29 is 9.53 Å². The van der Waals surface area contributed by atoms with E-state index in [1.807, 2.05) is 24.3 Å². The van der Waals surface area contributed by atoms with Crippen LogP contribution in [0.4, 0.5) is 0 Å². The summed E-state index contributed by atoms with van der Waals surface area (Å²) in [4.78, 5) is 14.8. The molecule has 0 aliphatic heterocycles. The maximum atomic E-state index is 12.7. The number of nitrogens with zero attached hydrogens (tertiary/aromatic N) is 1. The summed E-state index contributed by atoms with van der Waals surface area (Å²) >= 11 is 0. The van der Waals surface area contributed by atoms with Crippen LogP contribution in [0.1, 0.15) is 42.9 Å². The number of ether oxygens (including phenoxy) is 1. The molecule has 1 aliphatic carbocycles. The zero-order chi connectivity index (χ0) is 17.6. The molecule has 0 unspecified atom stereocenters. The first-order valence-electron chi connectivity index (χ1n) is 9.20. The number of carbonyl (C=O) groups is 1. The molecule has 3 nitrogen and oxygen atoms in total. The maximum Gasteiger partial charge on any atom is 0.223 e. The lowest BCUT2D eigenvalue weighted by Gasteiger charge is -2.23. The van der Waals surface area contributed by atoms with Gasteiger partial charge in [0.2, 0.25) is 5.91 Å². The van der Waals surface area contributed by atoms with Crippen molar-refractivity contribution in [2.75, 3.05) is 7.11 Å². The van der Waals surface area contributed by atoms with E-state index >= 15 is 0 Å². The first-order chi connectivity index (χ1) is 12.2. The van der Waals surface area contributed by atoms with Crippen LogP contribution in [0.5, 0.6) is 5.75 Å². The van der Waals surface area contributed by atoms with E-state index in [0.29, 0.717) is 19.0 Å². The van der Waals surface area contributed by atoms with Gasteiger partial charge in [0.1, 0.15) is 5.75 Å². The average Bonchev–Trinajstić information content (AvgIpc) is 3.50. The van der Waals surface area contributed by atoms with Crippen molar-refractivity contribution in [3.63, 3.8) is 0 Å². The van der Waals surface area contributed by atoms with E-state index in [1.54, 1.807) is 7.11 Å². The summed E-state index contributed by atoms with van der Waals surface area (Å²) in [6.45, 7) is 2.85. The van der Waals surface area contributed by atoms with Crippen LogP contribution in [-0.2, 0) is 24.2 Å². The third-order valence-electron chi connectivity index (χ3n) is 4.88. The van der Waals surface area contributed by atoms with Crippen molar-refractivity contribution >= 4 is 5.91 Å². The van der Waals surface area contributed by atoms with Crippen LogP contribution in [-0.4, -0.2) is 24.0 Å². The number of benzene rings is 2. The Kier molecular flexibility index (Phi) is 5.75. The fourth-order valence-electron chi connectivity index (χ4n) is 3.07. The average molecular weight is 337 g/mol. The number of rotatable bonds is 8. The van der Waals surface area contributed by atoms with Crippen LogP contribution in [0.3, 0.4) is 0 Å². The van der Waals surface area contributed by atoms with E-state index in [9.17, 15) is 4.79 Å². The van der Waals surface area contributed by atoms with Crippen LogP contribution in [0.15, 0.2) is 48.5 Å². The lowest BCUT2D eigenvalue weighted by atomic mass is 10.1. The molecule has 0 radical (unpaired) electrons. The highest BCUT2D eigenvalue weighted by Gasteiger charge is 2.32.